The van der Waals surface area contributed by atoms with Crippen LogP contribution in [0.1, 0.15) is 15.9 Å². The fourth-order valence-corrected chi connectivity index (χ4v) is 2.93. The van der Waals surface area contributed by atoms with Crippen molar-refractivity contribution in [3.63, 3.8) is 0 Å². The number of likely N-dealkylation sites (N-methyl/N-ethyl adjacent to an activating group) is 1. The molecule has 0 aromatic heterocycles. The molecule has 0 saturated carbocycles. The molecule has 0 aliphatic carbocycles. The highest BCUT2D eigenvalue weighted by molar-refractivity contribution is 5.94. The van der Waals surface area contributed by atoms with E-state index < -0.39 is 0 Å². The van der Waals surface area contributed by atoms with Crippen molar-refractivity contribution in [2.24, 2.45) is 10.7 Å². The molecule has 7 heteroatoms. The molecule has 0 bridgehead atoms. The number of guanidine groups is 1. The SMILES string of the molecule is CN(C)CCNC(=O)c1cccc(CN=C(N)Nc2cccc(Oc3ccccc3)c2)c1. The van der Waals surface area contributed by atoms with Gasteiger partial charge >= 0.3 is 0 Å². The second-order valence-corrected chi connectivity index (χ2v) is 7.53. The molecule has 7 nitrogen and oxygen atoms in total. The van der Waals surface area contributed by atoms with Crippen molar-refractivity contribution in [2.45, 2.75) is 6.54 Å². The quantitative estimate of drug-likeness (QED) is 0.355. The molecule has 0 atom stereocenters. The summed E-state index contributed by atoms with van der Waals surface area (Å²) in [5.74, 6) is 1.64. The van der Waals surface area contributed by atoms with Gasteiger partial charge in [-0.25, -0.2) is 4.99 Å². The van der Waals surface area contributed by atoms with Gasteiger partial charge in [-0.3, -0.25) is 4.79 Å². The van der Waals surface area contributed by atoms with Crippen molar-refractivity contribution in [3.8, 4) is 11.5 Å². The summed E-state index contributed by atoms with van der Waals surface area (Å²) in [5, 5.41) is 5.99. The number of benzene rings is 3. The molecule has 4 N–H and O–H groups in total. The summed E-state index contributed by atoms with van der Waals surface area (Å²) in [5.41, 5.74) is 8.34. The molecule has 3 aromatic carbocycles. The Kier molecular flexibility index (Phi) is 8.22. The van der Waals surface area contributed by atoms with Crippen LogP contribution in [0.2, 0.25) is 0 Å². The van der Waals surface area contributed by atoms with Crippen LogP contribution < -0.4 is 21.1 Å². The minimum Gasteiger partial charge on any atom is -0.457 e. The zero-order valence-corrected chi connectivity index (χ0v) is 18.4. The van der Waals surface area contributed by atoms with E-state index in [1.54, 1.807) is 6.07 Å². The summed E-state index contributed by atoms with van der Waals surface area (Å²) in [6.07, 6.45) is 0. The monoisotopic (exact) mass is 431 g/mol. The van der Waals surface area contributed by atoms with Gasteiger partial charge in [0.2, 0.25) is 0 Å². The van der Waals surface area contributed by atoms with Crippen LogP contribution >= 0.6 is 0 Å². The van der Waals surface area contributed by atoms with Crippen LogP contribution in [0.3, 0.4) is 0 Å². The standard InChI is InChI=1S/C25H29N5O2/c1-30(2)15-14-27-24(31)20-9-6-8-19(16-20)18-28-25(26)29-21-10-7-13-23(17-21)32-22-11-4-3-5-12-22/h3-13,16-17H,14-15,18H2,1-2H3,(H,27,31)(H3,26,28,29). The van der Waals surface area contributed by atoms with Crippen LogP contribution in [0.25, 0.3) is 0 Å². The Bertz CT molecular complexity index is 1050. The number of carbonyl (C=O) groups excluding carboxylic acids is 1. The molecule has 166 valence electrons. The van der Waals surface area contributed by atoms with E-state index >= 15 is 0 Å². The zero-order chi connectivity index (χ0) is 22.8. The number of ether oxygens (including phenoxy) is 1. The number of nitrogens with two attached hydrogens (primary N) is 1. The maximum absolute atomic E-state index is 12.3. The van der Waals surface area contributed by atoms with Crippen LogP contribution in [0.15, 0.2) is 83.9 Å². The van der Waals surface area contributed by atoms with Gasteiger partial charge in [0, 0.05) is 30.4 Å². The number of nitrogens with one attached hydrogen (secondary N) is 2. The number of anilines is 1. The van der Waals surface area contributed by atoms with Crippen LogP contribution in [0, 0.1) is 0 Å². The van der Waals surface area contributed by atoms with E-state index in [1.165, 1.54) is 0 Å². The summed E-state index contributed by atoms with van der Waals surface area (Å²) in [7, 11) is 3.94. The molecule has 0 spiro atoms. The molecule has 3 rings (SSSR count). The first-order valence-corrected chi connectivity index (χ1v) is 10.4. The maximum Gasteiger partial charge on any atom is 0.251 e. The third kappa shape index (κ3) is 7.45. The van der Waals surface area contributed by atoms with Gasteiger partial charge in [-0.1, -0.05) is 36.4 Å². The number of hydrogen-bond acceptors (Lipinski definition) is 4. The Morgan fingerprint density at radius 3 is 2.50 bits per heavy atom. The fourth-order valence-electron chi connectivity index (χ4n) is 2.93. The zero-order valence-electron chi connectivity index (χ0n) is 18.4. The van der Waals surface area contributed by atoms with E-state index in [0.717, 1.165) is 23.5 Å². The lowest BCUT2D eigenvalue weighted by Gasteiger charge is -2.11. The second-order valence-electron chi connectivity index (χ2n) is 7.53. The van der Waals surface area contributed by atoms with Crippen molar-refractivity contribution in [1.29, 1.82) is 0 Å². The van der Waals surface area contributed by atoms with E-state index in [9.17, 15) is 4.79 Å². The fraction of sp³-hybridized carbons (Fsp3) is 0.200. The average molecular weight is 432 g/mol. The first kappa shape index (κ1) is 22.8. The minimum atomic E-state index is -0.0981. The Hall–Kier alpha value is -3.84. The van der Waals surface area contributed by atoms with Crippen LogP contribution in [0.5, 0.6) is 11.5 Å². The van der Waals surface area contributed by atoms with Gasteiger partial charge in [-0.2, -0.15) is 0 Å². The molecule has 1 amide bonds. The Morgan fingerprint density at radius 1 is 0.969 bits per heavy atom. The van der Waals surface area contributed by atoms with Gasteiger partial charge in [0.1, 0.15) is 11.5 Å². The van der Waals surface area contributed by atoms with Gasteiger partial charge in [0.25, 0.3) is 5.91 Å². The largest absolute Gasteiger partial charge is 0.457 e. The van der Waals surface area contributed by atoms with Gasteiger partial charge in [0.05, 0.1) is 6.54 Å². The molecule has 0 aliphatic rings. The van der Waals surface area contributed by atoms with E-state index in [4.69, 9.17) is 10.5 Å². The first-order chi connectivity index (χ1) is 15.5. The Balaban J connectivity index is 1.57. The molecule has 3 aromatic rings. The number of nitrogens with zero attached hydrogens (tertiary/aromatic N) is 2. The lowest BCUT2D eigenvalue weighted by Crippen LogP contribution is -2.31. The highest BCUT2D eigenvalue weighted by atomic mass is 16.5. The maximum atomic E-state index is 12.3. The van der Waals surface area contributed by atoms with Crippen molar-refractivity contribution < 1.29 is 9.53 Å². The van der Waals surface area contributed by atoms with Gasteiger partial charge < -0.3 is 26.0 Å². The number of carbonyl (C=O) groups is 1. The lowest BCUT2D eigenvalue weighted by atomic mass is 10.1. The molecule has 0 unspecified atom stereocenters. The van der Waals surface area contributed by atoms with Crippen molar-refractivity contribution in [1.82, 2.24) is 10.2 Å². The number of para-hydroxylation sites is 1. The number of hydrogen-bond donors (Lipinski definition) is 3. The highest BCUT2D eigenvalue weighted by Crippen LogP contribution is 2.23. The third-order valence-corrected chi connectivity index (χ3v) is 4.55. The summed E-state index contributed by atoms with van der Waals surface area (Å²) in [6, 6.07) is 24.5. The van der Waals surface area contributed by atoms with Gasteiger partial charge in [0.15, 0.2) is 5.96 Å². The summed E-state index contributed by atoms with van der Waals surface area (Å²) >= 11 is 0. The molecule has 32 heavy (non-hydrogen) atoms. The van der Waals surface area contributed by atoms with Crippen molar-refractivity contribution in [2.75, 3.05) is 32.5 Å². The average Bonchev–Trinajstić information content (AvgIpc) is 2.78. The van der Waals surface area contributed by atoms with E-state index in [2.05, 4.69) is 15.6 Å². The number of amides is 1. The van der Waals surface area contributed by atoms with Gasteiger partial charge in [-0.05, 0) is 56.1 Å². The summed E-state index contributed by atoms with van der Waals surface area (Å²) < 4.78 is 5.85. The molecule has 0 heterocycles. The van der Waals surface area contributed by atoms with Crippen LogP contribution in [-0.4, -0.2) is 44.0 Å². The van der Waals surface area contributed by atoms with Crippen molar-refractivity contribution >= 4 is 17.6 Å². The molecular formula is C25H29N5O2. The first-order valence-electron chi connectivity index (χ1n) is 10.4. The van der Waals surface area contributed by atoms with E-state index in [0.29, 0.717) is 24.4 Å². The minimum absolute atomic E-state index is 0.0981. The molecular weight excluding hydrogens is 402 g/mol. The predicted octanol–water partition coefficient (Wildman–Crippen LogP) is 3.70. The topological polar surface area (TPSA) is 92.0 Å². The molecule has 0 saturated heterocycles. The van der Waals surface area contributed by atoms with Crippen molar-refractivity contribution in [3.05, 3.63) is 90.0 Å². The highest BCUT2D eigenvalue weighted by Gasteiger charge is 2.06. The smallest absolute Gasteiger partial charge is 0.251 e. The van der Waals surface area contributed by atoms with Gasteiger partial charge in [-0.15, -0.1) is 0 Å². The Labute approximate surface area is 188 Å². The molecule has 0 radical (unpaired) electrons. The second kappa shape index (κ2) is 11.5. The molecule has 0 fully saturated rings. The lowest BCUT2D eigenvalue weighted by molar-refractivity contribution is 0.0951. The van der Waals surface area contributed by atoms with Crippen LogP contribution in [0.4, 0.5) is 5.69 Å². The third-order valence-electron chi connectivity index (χ3n) is 4.55. The number of rotatable bonds is 9. The summed E-state index contributed by atoms with van der Waals surface area (Å²) in [6.45, 7) is 1.74. The van der Waals surface area contributed by atoms with E-state index in [-0.39, 0.29) is 11.9 Å². The summed E-state index contributed by atoms with van der Waals surface area (Å²) in [4.78, 5) is 18.7. The Morgan fingerprint density at radius 2 is 1.72 bits per heavy atom. The normalized spacial score (nSPS) is 11.3. The predicted molar refractivity (Wildman–Crippen MR) is 129 cm³/mol. The molecule has 0 aliphatic heterocycles. The number of aliphatic imine (C=N–C) groups is 1. The van der Waals surface area contributed by atoms with Crippen LogP contribution in [-0.2, 0) is 6.54 Å². The van der Waals surface area contributed by atoms with E-state index in [1.807, 2.05) is 91.8 Å².